The van der Waals surface area contributed by atoms with Gasteiger partial charge in [0.2, 0.25) is 0 Å². The van der Waals surface area contributed by atoms with Crippen molar-refractivity contribution in [3.05, 3.63) is 17.0 Å². The Balaban J connectivity index is 3.26. The van der Waals surface area contributed by atoms with Crippen LogP contribution in [-0.4, -0.2) is 14.2 Å². The van der Waals surface area contributed by atoms with Crippen molar-refractivity contribution in [1.29, 1.82) is 0 Å². The summed E-state index contributed by atoms with van der Waals surface area (Å²) >= 11 is 0. The zero-order valence-corrected chi connectivity index (χ0v) is 7.40. The van der Waals surface area contributed by atoms with Crippen LogP contribution in [0.4, 0.5) is 11.4 Å². The fourth-order valence-electron chi connectivity index (χ4n) is 0.978. The molecule has 0 spiro atoms. The number of rotatable bonds is 3. The molecule has 0 heterocycles. The smallest absolute Gasteiger partial charge is 0.152 e. The Morgan fingerprint density at radius 2 is 1.85 bits per heavy atom. The number of nitroso groups, excluding NO2 is 1. The van der Waals surface area contributed by atoms with E-state index in [9.17, 15) is 4.91 Å². The van der Waals surface area contributed by atoms with E-state index < -0.39 is 0 Å². The van der Waals surface area contributed by atoms with Crippen molar-refractivity contribution in [2.75, 3.05) is 20.0 Å². The van der Waals surface area contributed by atoms with Crippen LogP contribution < -0.4 is 15.2 Å². The molecular weight excluding hydrogens is 172 g/mol. The topological polar surface area (TPSA) is 73.9 Å². The molecule has 2 N–H and O–H groups in total. The predicted octanol–water partition coefficient (Wildman–Crippen LogP) is 1.68. The molecule has 0 saturated carbocycles. The number of methoxy groups -OCH3 is 2. The van der Waals surface area contributed by atoms with Crippen LogP contribution in [0.5, 0.6) is 11.5 Å². The number of nitrogens with two attached hydrogens (primary N) is 1. The van der Waals surface area contributed by atoms with E-state index in [0.717, 1.165) is 0 Å². The van der Waals surface area contributed by atoms with E-state index >= 15 is 0 Å². The van der Waals surface area contributed by atoms with Gasteiger partial charge in [-0.2, -0.15) is 0 Å². The van der Waals surface area contributed by atoms with Gasteiger partial charge in [-0.1, -0.05) is 0 Å². The van der Waals surface area contributed by atoms with E-state index in [1.54, 1.807) is 0 Å². The van der Waals surface area contributed by atoms with Crippen LogP contribution in [0.3, 0.4) is 0 Å². The third-order valence-electron chi connectivity index (χ3n) is 1.63. The van der Waals surface area contributed by atoms with Gasteiger partial charge < -0.3 is 15.2 Å². The summed E-state index contributed by atoms with van der Waals surface area (Å²) in [5.74, 6) is 0.810. The fraction of sp³-hybridized carbons (Fsp3) is 0.250. The minimum Gasteiger partial charge on any atom is -0.494 e. The molecule has 0 aliphatic rings. The molecule has 0 atom stereocenters. The molecule has 13 heavy (non-hydrogen) atoms. The first-order chi connectivity index (χ1) is 6.22. The number of nitrogens with zero attached hydrogens (tertiary/aromatic N) is 1. The minimum absolute atomic E-state index is 0.167. The fourth-order valence-corrected chi connectivity index (χ4v) is 0.978. The Morgan fingerprint density at radius 1 is 1.23 bits per heavy atom. The minimum atomic E-state index is 0.167. The van der Waals surface area contributed by atoms with Gasteiger partial charge in [0.05, 0.1) is 19.9 Å². The quantitative estimate of drug-likeness (QED) is 0.570. The van der Waals surface area contributed by atoms with Crippen LogP contribution >= 0.6 is 0 Å². The highest BCUT2D eigenvalue weighted by molar-refractivity contribution is 5.67. The van der Waals surface area contributed by atoms with E-state index in [0.29, 0.717) is 17.2 Å². The number of benzene rings is 1. The van der Waals surface area contributed by atoms with E-state index in [2.05, 4.69) is 5.18 Å². The molecule has 0 aromatic heterocycles. The Morgan fingerprint density at radius 3 is 2.31 bits per heavy atom. The molecule has 0 bridgehead atoms. The van der Waals surface area contributed by atoms with E-state index in [1.807, 2.05) is 0 Å². The van der Waals surface area contributed by atoms with Gasteiger partial charge in [-0.25, -0.2) is 0 Å². The summed E-state index contributed by atoms with van der Waals surface area (Å²) in [5.41, 5.74) is 6.08. The molecule has 5 heteroatoms. The van der Waals surface area contributed by atoms with Gasteiger partial charge in [-0.3, -0.25) is 0 Å². The number of nitrogen functional groups attached to an aromatic ring is 1. The highest BCUT2D eigenvalue weighted by atomic mass is 16.5. The largest absolute Gasteiger partial charge is 0.494 e. The second-order valence-corrected chi connectivity index (χ2v) is 2.36. The van der Waals surface area contributed by atoms with Crippen LogP contribution in [0.15, 0.2) is 17.3 Å². The number of hydrogen-bond acceptors (Lipinski definition) is 5. The SMILES string of the molecule is COc1cc(OC)c(N=O)cc1N. The van der Waals surface area contributed by atoms with Crippen LogP contribution in [0.25, 0.3) is 0 Å². The number of anilines is 1. The maximum absolute atomic E-state index is 10.3. The van der Waals surface area contributed by atoms with Gasteiger partial charge >= 0.3 is 0 Å². The van der Waals surface area contributed by atoms with Gasteiger partial charge in [-0.05, 0) is 11.2 Å². The molecule has 0 radical (unpaired) electrons. The molecule has 0 aliphatic heterocycles. The molecular formula is C8H10N2O3. The molecule has 0 amide bonds. The molecule has 1 aromatic rings. The van der Waals surface area contributed by atoms with Crippen molar-refractivity contribution in [2.24, 2.45) is 5.18 Å². The zero-order valence-electron chi connectivity index (χ0n) is 7.40. The first kappa shape index (κ1) is 9.31. The highest BCUT2D eigenvalue weighted by Gasteiger charge is 2.08. The van der Waals surface area contributed by atoms with Gasteiger partial charge in [-0.15, -0.1) is 4.91 Å². The Labute approximate surface area is 75.4 Å². The molecule has 1 rings (SSSR count). The number of ether oxygens (including phenoxy) is 2. The summed E-state index contributed by atoms with van der Waals surface area (Å²) in [7, 11) is 2.93. The van der Waals surface area contributed by atoms with Crippen molar-refractivity contribution in [1.82, 2.24) is 0 Å². The Hall–Kier alpha value is -1.78. The zero-order chi connectivity index (χ0) is 9.84. The Kier molecular flexibility index (Phi) is 2.69. The normalized spacial score (nSPS) is 9.38. The van der Waals surface area contributed by atoms with Crippen molar-refractivity contribution in [3.8, 4) is 11.5 Å². The van der Waals surface area contributed by atoms with Gasteiger partial charge in [0.15, 0.2) is 11.4 Å². The van der Waals surface area contributed by atoms with Crippen LogP contribution in [0.1, 0.15) is 0 Å². The summed E-state index contributed by atoms with van der Waals surface area (Å²) in [6, 6.07) is 2.93. The summed E-state index contributed by atoms with van der Waals surface area (Å²) in [5, 5.41) is 2.77. The van der Waals surface area contributed by atoms with Crippen LogP contribution in [0.2, 0.25) is 0 Å². The molecule has 0 saturated heterocycles. The molecule has 0 fully saturated rings. The lowest BCUT2D eigenvalue weighted by Gasteiger charge is -2.07. The van der Waals surface area contributed by atoms with Gasteiger partial charge in [0, 0.05) is 6.07 Å². The lowest BCUT2D eigenvalue weighted by Crippen LogP contribution is -1.93. The van der Waals surface area contributed by atoms with Crippen LogP contribution in [0, 0.1) is 4.91 Å². The predicted molar refractivity (Wildman–Crippen MR) is 49.4 cm³/mol. The lowest BCUT2D eigenvalue weighted by molar-refractivity contribution is 0.396. The highest BCUT2D eigenvalue weighted by Crippen LogP contribution is 2.35. The third kappa shape index (κ3) is 1.69. The average Bonchev–Trinajstić information content (AvgIpc) is 2.17. The van der Waals surface area contributed by atoms with Gasteiger partial charge in [0.1, 0.15) is 5.75 Å². The van der Waals surface area contributed by atoms with Crippen molar-refractivity contribution in [3.63, 3.8) is 0 Å². The van der Waals surface area contributed by atoms with Crippen LogP contribution in [-0.2, 0) is 0 Å². The maximum atomic E-state index is 10.3. The molecule has 1 aromatic carbocycles. The second-order valence-electron chi connectivity index (χ2n) is 2.36. The third-order valence-corrected chi connectivity index (χ3v) is 1.63. The van der Waals surface area contributed by atoms with Crippen molar-refractivity contribution in [2.45, 2.75) is 0 Å². The number of hydrogen-bond donors (Lipinski definition) is 1. The maximum Gasteiger partial charge on any atom is 0.152 e. The van der Waals surface area contributed by atoms with E-state index in [-0.39, 0.29) is 5.69 Å². The Bertz CT molecular complexity index is 325. The van der Waals surface area contributed by atoms with E-state index in [1.165, 1.54) is 26.4 Å². The summed E-state index contributed by atoms with van der Waals surface area (Å²) < 4.78 is 9.84. The average molecular weight is 182 g/mol. The summed E-state index contributed by atoms with van der Waals surface area (Å²) in [4.78, 5) is 10.3. The van der Waals surface area contributed by atoms with Crippen molar-refractivity contribution >= 4 is 11.4 Å². The van der Waals surface area contributed by atoms with Gasteiger partial charge in [0.25, 0.3) is 0 Å². The monoisotopic (exact) mass is 182 g/mol. The molecule has 5 nitrogen and oxygen atoms in total. The first-order valence-electron chi connectivity index (χ1n) is 3.57. The first-order valence-corrected chi connectivity index (χ1v) is 3.57. The molecule has 0 unspecified atom stereocenters. The summed E-state index contributed by atoms with van der Waals surface area (Å²) in [6.07, 6.45) is 0. The van der Waals surface area contributed by atoms with E-state index in [4.69, 9.17) is 15.2 Å². The van der Waals surface area contributed by atoms with Crippen molar-refractivity contribution < 1.29 is 9.47 Å². The second kappa shape index (κ2) is 3.75. The summed E-state index contributed by atoms with van der Waals surface area (Å²) in [6.45, 7) is 0. The molecule has 0 aliphatic carbocycles. The molecule has 70 valence electrons. The lowest BCUT2D eigenvalue weighted by atomic mass is 10.2. The standard InChI is InChI=1S/C8H10N2O3/c1-12-7-4-8(13-2)6(10-11)3-5(7)9/h3-4H,9H2,1-2H3.